The highest BCUT2D eigenvalue weighted by molar-refractivity contribution is 6.05. The van der Waals surface area contributed by atoms with Crippen molar-refractivity contribution in [2.45, 2.75) is 6.54 Å². The molecule has 132 valence electrons. The molecule has 26 heavy (non-hydrogen) atoms. The third-order valence-corrected chi connectivity index (χ3v) is 3.38. The van der Waals surface area contributed by atoms with Crippen LogP contribution in [-0.4, -0.2) is 36.7 Å². The highest BCUT2D eigenvalue weighted by atomic mass is 19.1. The van der Waals surface area contributed by atoms with Crippen LogP contribution in [0, 0.1) is 5.82 Å². The van der Waals surface area contributed by atoms with Gasteiger partial charge in [-0.25, -0.2) is 19.2 Å². The van der Waals surface area contributed by atoms with Gasteiger partial charge in [0, 0.05) is 18.6 Å². The number of carbonyl (C=O) groups is 2. The molecule has 0 unspecified atom stereocenters. The smallest absolute Gasteiger partial charge is 0.335 e. The summed E-state index contributed by atoms with van der Waals surface area (Å²) < 4.78 is 14.9. The zero-order valence-corrected chi connectivity index (χ0v) is 13.3. The van der Waals surface area contributed by atoms with E-state index in [1.807, 2.05) is 0 Å². The number of benzene rings is 1. The van der Waals surface area contributed by atoms with Crippen LogP contribution in [0.15, 0.2) is 43.0 Å². The van der Waals surface area contributed by atoms with Crippen LogP contribution in [0.1, 0.15) is 26.4 Å². The summed E-state index contributed by atoms with van der Waals surface area (Å²) in [6.45, 7) is 0.126. The molecule has 1 aromatic carbocycles. The molecule has 3 aromatic rings. The van der Waals surface area contributed by atoms with Crippen molar-refractivity contribution in [1.82, 2.24) is 19.7 Å². The van der Waals surface area contributed by atoms with Crippen LogP contribution in [0.3, 0.4) is 0 Å². The van der Waals surface area contributed by atoms with E-state index in [0.717, 1.165) is 6.07 Å². The third kappa shape index (κ3) is 3.80. The lowest BCUT2D eigenvalue weighted by Gasteiger charge is -2.05. The summed E-state index contributed by atoms with van der Waals surface area (Å²) >= 11 is 0. The van der Waals surface area contributed by atoms with E-state index in [9.17, 15) is 14.0 Å². The van der Waals surface area contributed by atoms with Gasteiger partial charge in [0.2, 0.25) is 0 Å². The van der Waals surface area contributed by atoms with Crippen LogP contribution in [-0.2, 0) is 6.54 Å². The highest BCUT2D eigenvalue weighted by Crippen LogP contribution is 2.14. The molecule has 0 bridgehead atoms. The molecule has 0 spiro atoms. The monoisotopic (exact) mass is 356 g/mol. The first-order chi connectivity index (χ1) is 12.4. The molecule has 0 fully saturated rings. The average Bonchev–Trinajstić information content (AvgIpc) is 3.01. The molecule has 10 heteroatoms. The lowest BCUT2D eigenvalue weighted by atomic mass is 10.1. The summed E-state index contributed by atoms with van der Waals surface area (Å²) in [5.74, 6) is -2.42. The number of aromatic nitrogens is 4. The predicted molar refractivity (Wildman–Crippen MR) is 89.1 cm³/mol. The molecule has 3 rings (SSSR count). The summed E-state index contributed by atoms with van der Waals surface area (Å²) in [7, 11) is 0. The van der Waals surface area contributed by atoms with E-state index in [0.29, 0.717) is 11.3 Å². The van der Waals surface area contributed by atoms with Gasteiger partial charge in [-0.15, -0.1) is 0 Å². The minimum Gasteiger partial charge on any atom is -0.478 e. The predicted octanol–water partition coefficient (Wildman–Crippen LogP) is 1.39. The first-order valence-electron chi connectivity index (χ1n) is 7.35. The van der Waals surface area contributed by atoms with Gasteiger partial charge in [-0.05, 0) is 23.8 Å². The first-order valence-corrected chi connectivity index (χ1v) is 7.35. The summed E-state index contributed by atoms with van der Waals surface area (Å²) in [6.07, 6.45) is 5.62. The van der Waals surface area contributed by atoms with Crippen molar-refractivity contribution in [3.05, 3.63) is 65.6 Å². The molecule has 0 saturated heterocycles. The number of rotatable bonds is 5. The van der Waals surface area contributed by atoms with E-state index in [1.54, 1.807) is 0 Å². The van der Waals surface area contributed by atoms with Crippen LogP contribution < -0.4 is 11.1 Å². The minimum atomic E-state index is -1.22. The number of nitrogens with one attached hydrogen (secondary N) is 1. The number of hydrogen-bond donors (Lipinski definition) is 3. The minimum absolute atomic E-state index is 0.00153. The Balaban J connectivity index is 1.73. The highest BCUT2D eigenvalue weighted by Gasteiger charge is 2.13. The Bertz CT molecular complexity index is 988. The van der Waals surface area contributed by atoms with Gasteiger partial charge in [0.25, 0.3) is 5.91 Å². The number of carboxylic acid groups (broad SMARTS) is 1. The molecule has 0 atom stereocenters. The van der Waals surface area contributed by atoms with E-state index in [1.165, 1.54) is 41.6 Å². The van der Waals surface area contributed by atoms with Gasteiger partial charge in [-0.3, -0.25) is 9.48 Å². The van der Waals surface area contributed by atoms with Gasteiger partial charge in [-0.1, -0.05) is 0 Å². The second-order valence-electron chi connectivity index (χ2n) is 5.32. The van der Waals surface area contributed by atoms with Gasteiger partial charge in [-0.2, -0.15) is 5.10 Å². The topological polar surface area (TPSA) is 136 Å². The van der Waals surface area contributed by atoms with Crippen molar-refractivity contribution in [3.63, 3.8) is 0 Å². The standard InChI is InChI=1S/C16H13FN6O3/c17-11-4-9(3-10(5-11)16(25)26)7-23-8-12(6-21-23)22-15(24)13-14(18)20-2-1-19-13/h1-6,8H,7H2,(H2,18,20)(H,22,24)(H,25,26). The van der Waals surface area contributed by atoms with Crippen LogP contribution in [0.2, 0.25) is 0 Å². The molecule has 0 radical (unpaired) electrons. The third-order valence-electron chi connectivity index (χ3n) is 3.38. The number of carboxylic acids is 1. The van der Waals surface area contributed by atoms with E-state index < -0.39 is 17.7 Å². The molecular formula is C16H13FN6O3. The summed E-state index contributed by atoms with van der Waals surface area (Å²) in [6, 6.07) is 3.50. The summed E-state index contributed by atoms with van der Waals surface area (Å²) in [4.78, 5) is 30.8. The van der Waals surface area contributed by atoms with Crippen LogP contribution >= 0.6 is 0 Å². The Kier molecular flexibility index (Phi) is 4.56. The number of aromatic carboxylic acids is 1. The van der Waals surface area contributed by atoms with Gasteiger partial charge in [0.05, 0.1) is 24.0 Å². The Hall–Kier alpha value is -3.82. The van der Waals surface area contributed by atoms with Crippen LogP contribution in [0.25, 0.3) is 0 Å². The zero-order valence-electron chi connectivity index (χ0n) is 13.3. The largest absolute Gasteiger partial charge is 0.478 e. The van der Waals surface area contributed by atoms with E-state index in [2.05, 4.69) is 20.4 Å². The molecule has 0 saturated carbocycles. The van der Waals surface area contributed by atoms with Crippen molar-refractivity contribution >= 4 is 23.4 Å². The Morgan fingerprint density at radius 2 is 2.00 bits per heavy atom. The number of nitrogens with two attached hydrogens (primary N) is 1. The number of anilines is 2. The van der Waals surface area contributed by atoms with Crippen LogP contribution in [0.4, 0.5) is 15.9 Å². The van der Waals surface area contributed by atoms with E-state index in [-0.39, 0.29) is 23.6 Å². The normalized spacial score (nSPS) is 10.5. The quantitative estimate of drug-likeness (QED) is 0.628. The molecule has 4 N–H and O–H groups in total. The Morgan fingerprint density at radius 1 is 1.23 bits per heavy atom. The van der Waals surface area contributed by atoms with Crippen molar-refractivity contribution in [3.8, 4) is 0 Å². The molecule has 1 amide bonds. The maximum atomic E-state index is 13.5. The number of nitrogen functional groups attached to an aromatic ring is 1. The molecule has 2 heterocycles. The molecule has 9 nitrogen and oxygen atoms in total. The molecule has 2 aromatic heterocycles. The molecule has 0 aliphatic rings. The van der Waals surface area contributed by atoms with Gasteiger partial charge < -0.3 is 16.2 Å². The molecule has 0 aliphatic carbocycles. The summed E-state index contributed by atoms with van der Waals surface area (Å²) in [5, 5.41) is 15.6. The first kappa shape index (κ1) is 17.0. The van der Waals surface area contributed by atoms with Crippen molar-refractivity contribution in [1.29, 1.82) is 0 Å². The van der Waals surface area contributed by atoms with Gasteiger partial charge in [0.1, 0.15) is 5.82 Å². The van der Waals surface area contributed by atoms with Crippen molar-refractivity contribution < 1.29 is 19.1 Å². The second-order valence-corrected chi connectivity index (χ2v) is 5.32. The maximum absolute atomic E-state index is 13.5. The fourth-order valence-electron chi connectivity index (χ4n) is 2.28. The van der Waals surface area contributed by atoms with Crippen molar-refractivity contribution in [2.24, 2.45) is 0 Å². The molecular weight excluding hydrogens is 343 g/mol. The van der Waals surface area contributed by atoms with Gasteiger partial charge >= 0.3 is 5.97 Å². The lowest BCUT2D eigenvalue weighted by molar-refractivity contribution is 0.0696. The van der Waals surface area contributed by atoms with Crippen molar-refractivity contribution in [2.75, 3.05) is 11.1 Å². The SMILES string of the molecule is Nc1nccnc1C(=O)Nc1cnn(Cc2cc(F)cc(C(=O)O)c2)c1. The number of carbonyl (C=O) groups excluding carboxylic acids is 1. The number of amides is 1. The van der Waals surface area contributed by atoms with E-state index >= 15 is 0 Å². The van der Waals surface area contributed by atoms with Crippen LogP contribution in [0.5, 0.6) is 0 Å². The number of halogens is 1. The fraction of sp³-hybridized carbons (Fsp3) is 0.0625. The van der Waals surface area contributed by atoms with Gasteiger partial charge in [0.15, 0.2) is 11.5 Å². The summed E-state index contributed by atoms with van der Waals surface area (Å²) in [5.41, 5.74) is 6.21. The second kappa shape index (κ2) is 6.97. The average molecular weight is 356 g/mol. The number of hydrogen-bond acceptors (Lipinski definition) is 6. The molecule has 0 aliphatic heterocycles. The Morgan fingerprint density at radius 3 is 2.73 bits per heavy atom. The van der Waals surface area contributed by atoms with E-state index in [4.69, 9.17) is 10.8 Å². The maximum Gasteiger partial charge on any atom is 0.335 e. The zero-order chi connectivity index (χ0) is 18.7. The fourth-order valence-corrected chi connectivity index (χ4v) is 2.28. The number of nitrogens with zero attached hydrogens (tertiary/aromatic N) is 4. The lowest BCUT2D eigenvalue weighted by Crippen LogP contribution is -2.16. The Labute approximate surface area is 146 Å².